The molecule has 0 radical (unpaired) electrons. The molecule has 2 nitrogen and oxygen atoms in total. The van der Waals surface area contributed by atoms with Crippen LogP contribution >= 0.6 is 0 Å². The largest absolute Gasteiger partial charge is 0.497 e. The van der Waals surface area contributed by atoms with Crippen LogP contribution in [0.25, 0.3) is 0 Å². The van der Waals surface area contributed by atoms with Crippen LogP contribution in [-0.2, 0) is 6.54 Å². The summed E-state index contributed by atoms with van der Waals surface area (Å²) in [6.45, 7) is 1.96. The highest BCUT2D eigenvalue weighted by molar-refractivity contribution is 5.28. The molecule has 110 valence electrons. The summed E-state index contributed by atoms with van der Waals surface area (Å²) in [6.07, 6.45) is 2.26. The zero-order valence-electron chi connectivity index (χ0n) is 12.3. The molecule has 0 saturated carbocycles. The molecule has 3 heteroatoms. The van der Waals surface area contributed by atoms with Crippen LogP contribution in [0.15, 0.2) is 48.5 Å². The maximum Gasteiger partial charge on any atom is 0.123 e. The Bertz CT molecular complexity index is 596. The second-order valence-corrected chi connectivity index (χ2v) is 5.53. The highest BCUT2D eigenvalue weighted by Gasteiger charge is 2.26. The first kappa shape index (κ1) is 14.1. The van der Waals surface area contributed by atoms with E-state index in [1.165, 1.54) is 11.6 Å². The van der Waals surface area contributed by atoms with E-state index in [4.69, 9.17) is 4.74 Å². The Balaban J connectivity index is 1.74. The number of nitrogens with zero attached hydrogens (tertiary/aromatic N) is 1. The lowest BCUT2D eigenvalue weighted by Crippen LogP contribution is -2.22. The molecule has 1 heterocycles. The Morgan fingerprint density at radius 2 is 2.00 bits per heavy atom. The molecule has 1 unspecified atom stereocenters. The van der Waals surface area contributed by atoms with Crippen LogP contribution in [0.4, 0.5) is 4.39 Å². The van der Waals surface area contributed by atoms with Gasteiger partial charge in [-0.3, -0.25) is 4.90 Å². The van der Waals surface area contributed by atoms with Gasteiger partial charge in [-0.15, -0.1) is 0 Å². The van der Waals surface area contributed by atoms with Crippen LogP contribution in [-0.4, -0.2) is 18.6 Å². The van der Waals surface area contributed by atoms with Gasteiger partial charge >= 0.3 is 0 Å². The highest BCUT2D eigenvalue weighted by atomic mass is 19.1. The second kappa shape index (κ2) is 6.27. The third kappa shape index (κ3) is 3.24. The normalized spacial score (nSPS) is 18.9. The van der Waals surface area contributed by atoms with E-state index in [0.717, 1.165) is 37.2 Å². The first-order valence-corrected chi connectivity index (χ1v) is 7.39. The standard InChI is InChI=1S/C18H20FNO/c1-21-17-9-7-14(8-10-17)13-20-11-3-6-18(20)15-4-2-5-16(19)12-15/h2,4-5,7-10,12,18H,3,6,11,13H2,1H3. The third-order valence-corrected chi connectivity index (χ3v) is 4.14. The Kier molecular flexibility index (Phi) is 4.20. The summed E-state index contributed by atoms with van der Waals surface area (Å²) in [4.78, 5) is 2.43. The minimum atomic E-state index is -0.149. The third-order valence-electron chi connectivity index (χ3n) is 4.14. The van der Waals surface area contributed by atoms with Crippen molar-refractivity contribution in [3.8, 4) is 5.75 Å². The van der Waals surface area contributed by atoms with Crippen molar-refractivity contribution in [2.24, 2.45) is 0 Å². The lowest BCUT2D eigenvalue weighted by atomic mass is 10.0. The van der Waals surface area contributed by atoms with Gasteiger partial charge in [0.1, 0.15) is 11.6 Å². The summed E-state index contributed by atoms with van der Waals surface area (Å²) < 4.78 is 18.6. The Hall–Kier alpha value is -1.87. The number of likely N-dealkylation sites (tertiary alicyclic amines) is 1. The average molecular weight is 285 g/mol. The topological polar surface area (TPSA) is 12.5 Å². The molecule has 0 aromatic heterocycles. The Labute approximate surface area is 125 Å². The van der Waals surface area contributed by atoms with Crippen LogP contribution in [0, 0.1) is 5.82 Å². The van der Waals surface area contributed by atoms with E-state index in [1.807, 2.05) is 18.2 Å². The van der Waals surface area contributed by atoms with E-state index < -0.39 is 0 Å². The van der Waals surface area contributed by atoms with E-state index in [1.54, 1.807) is 19.2 Å². The van der Waals surface area contributed by atoms with Gasteiger partial charge in [-0.2, -0.15) is 0 Å². The predicted molar refractivity (Wildman–Crippen MR) is 81.8 cm³/mol. The molecule has 1 aliphatic heterocycles. The van der Waals surface area contributed by atoms with Crippen LogP contribution in [0.5, 0.6) is 5.75 Å². The van der Waals surface area contributed by atoms with Crippen molar-refractivity contribution in [1.29, 1.82) is 0 Å². The predicted octanol–water partition coefficient (Wildman–Crippen LogP) is 4.17. The van der Waals surface area contributed by atoms with Gasteiger partial charge in [0.05, 0.1) is 7.11 Å². The molecular formula is C18H20FNO. The maximum absolute atomic E-state index is 13.4. The lowest BCUT2D eigenvalue weighted by molar-refractivity contribution is 0.248. The first-order chi connectivity index (χ1) is 10.3. The van der Waals surface area contributed by atoms with Crippen LogP contribution in [0.1, 0.15) is 30.0 Å². The van der Waals surface area contributed by atoms with Gasteiger partial charge in [0.25, 0.3) is 0 Å². The first-order valence-electron chi connectivity index (χ1n) is 7.39. The molecular weight excluding hydrogens is 265 g/mol. The molecule has 0 bridgehead atoms. The fourth-order valence-electron chi connectivity index (χ4n) is 3.07. The summed E-state index contributed by atoms with van der Waals surface area (Å²) in [6, 6.07) is 15.5. The Morgan fingerprint density at radius 1 is 1.19 bits per heavy atom. The van der Waals surface area contributed by atoms with Crippen molar-refractivity contribution in [3.05, 3.63) is 65.5 Å². The number of methoxy groups -OCH3 is 1. The van der Waals surface area contributed by atoms with Gasteiger partial charge in [-0.25, -0.2) is 4.39 Å². The zero-order valence-corrected chi connectivity index (χ0v) is 12.3. The fourth-order valence-corrected chi connectivity index (χ4v) is 3.07. The maximum atomic E-state index is 13.4. The van der Waals surface area contributed by atoms with Gasteiger partial charge in [-0.05, 0) is 54.8 Å². The van der Waals surface area contributed by atoms with E-state index >= 15 is 0 Å². The number of benzene rings is 2. The molecule has 0 spiro atoms. The van der Waals surface area contributed by atoms with Gasteiger partial charge < -0.3 is 4.74 Å². The fraction of sp³-hybridized carbons (Fsp3) is 0.333. The summed E-state index contributed by atoms with van der Waals surface area (Å²) >= 11 is 0. The average Bonchev–Trinajstić information content (AvgIpc) is 2.96. The number of hydrogen-bond acceptors (Lipinski definition) is 2. The van der Waals surface area contributed by atoms with E-state index in [2.05, 4.69) is 17.0 Å². The minimum Gasteiger partial charge on any atom is -0.497 e. The van der Waals surface area contributed by atoms with E-state index in [0.29, 0.717) is 6.04 Å². The van der Waals surface area contributed by atoms with Crippen molar-refractivity contribution in [2.75, 3.05) is 13.7 Å². The molecule has 21 heavy (non-hydrogen) atoms. The molecule has 0 N–H and O–H groups in total. The molecule has 0 amide bonds. The van der Waals surface area contributed by atoms with Crippen molar-refractivity contribution < 1.29 is 9.13 Å². The van der Waals surface area contributed by atoms with Crippen LogP contribution in [0.3, 0.4) is 0 Å². The van der Waals surface area contributed by atoms with E-state index in [-0.39, 0.29) is 5.82 Å². The molecule has 1 atom stereocenters. The zero-order chi connectivity index (χ0) is 14.7. The molecule has 2 aromatic rings. The molecule has 1 aliphatic rings. The van der Waals surface area contributed by atoms with Gasteiger partial charge in [0.15, 0.2) is 0 Å². The molecule has 1 fully saturated rings. The highest BCUT2D eigenvalue weighted by Crippen LogP contribution is 2.33. The molecule has 1 saturated heterocycles. The summed E-state index contributed by atoms with van der Waals surface area (Å²) in [5, 5.41) is 0. The molecule has 2 aromatic carbocycles. The Morgan fingerprint density at radius 3 is 2.71 bits per heavy atom. The lowest BCUT2D eigenvalue weighted by Gasteiger charge is -2.25. The van der Waals surface area contributed by atoms with Crippen LogP contribution in [0.2, 0.25) is 0 Å². The number of ether oxygens (including phenoxy) is 1. The smallest absolute Gasteiger partial charge is 0.123 e. The van der Waals surface area contributed by atoms with Crippen molar-refractivity contribution in [2.45, 2.75) is 25.4 Å². The van der Waals surface area contributed by atoms with Crippen molar-refractivity contribution in [1.82, 2.24) is 4.90 Å². The van der Waals surface area contributed by atoms with Crippen LogP contribution < -0.4 is 4.74 Å². The SMILES string of the molecule is COc1ccc(CN2CCCC2c2cccc(F)c2)cc1. The number of halogens is 1. The van der Waals surface area contributed by atoms with Gasteiger partial charge in [0.2, 0.25) is 0 Å². The number of hydrogen-bond donors (Lipinski definition) is 0. The minimum absolute atomic E-state index is 0.149. The monoisotopic (exact) mass is 285 g/mol. The van der Waals surface area contributed by atoms with Crippen molar-refractivity contribution >= 4 is 0 Å². The van der Waals surface area contributed by atoms with Crippen molar-refractivity contribution in [3.63, 3.8) is 0 Å². The van der Waals surface area contributed by atoms with Gasteiger partial charge in [0, 0.05) is 12.6 Å². The van der Waals surface area contributed by atoms with Gasteiger partial charge in [-0.1, -0.05) is 24.3 Å². The molecule has 3 rings (SSSR count). The summed E-state index contributed by atoms with van der Waals surface area (Å²) in [5.74, 6) is 0.727. The second-order valence-electron chi connectivity index (χ2n) is 5.53. The summed E-state index contributed by atoms with van der Waals surface area (Å²) in [5.41, 5.74) is 2.35. The molecule has 0 aliphatic carbocycles. The number of rotatable bonds is 4. The summed E-state index contributed by atoms with van der Waals surface area (Å²) in [7, 11) is 1.68. The quantitative estimate of drug-likeness (QED) is 0.836. The van der Waals surface area contributed by atoms with E-state index in [9.17, 15) is 4.39 Å².